The van der Waals surface area contributed by atoms with E-state index in [1.54, 1.807) is 0 Å². The first kappa shape index (κ1) is 15.6. The Morgan fingerprint density at radius 1 is 0.958 bits per heavy atom. The van der Waals surface area contributed by atoms with Gasteiger partial charge in [0.15, 0.2) is 0 Å². The van der Waals surface area contributed by atoms with Crippen LogP contribution in [0.3, 0.4) is 0 Å². The molecule has 1 aromatic carbocycles. The fourth-order valence-electron chi connectivity index (χ4n) is 4.13. The molecule has 1 N–H and O–H groups in total. The first-order valence-corrected chi connectivity index (χ1v) is 9.28. The third kappa shape index (κ3) is 3.05. The lowest BCUT2D eigenvalue weighted by molar-refractivity contribution is 0.147. The number of rotatable bonds is 3. The van der Waals surface area contributed by atoms with Gasteiger partial charge in [-0.2, -0.15) is 4.98 Å². The summed E-state index contributed by atoms with van der Waals surface area (Å²) < 4.78 is 0. The number of nitrogens with one attached hydrogen (secondary N) is 1. The van der Waals surface area contributed by atoms with Crippen LogP contribution in [-0.4, -0.2) is 54.1 Å². The summed E-state index contributed by atoms with van der Waals surface area (Å²) in [4.78, 5) is 14.6. The summed E-state index contributed by atoms with van der Waals surface area (Å²) in [7, 11) is 1.93. The summed E-state index contributed by atoms with van der Waals surface area (Å²) in [6.07, 6.45) is 7.01. The van der Waals surface area contributed by atoms with E-state index >= 15 is 0 Å². The molecule has 2 fully saturated rings. The molecule has 0 atom stereocenters. The van der Waals surface area contributed by atoms with Crippen LogP contribution in [0.25, 0.3) is 10.9 Å². The molecule has 2 aliphatic rings. The average Bonchev–Trinajstić information content (AvgIpc) is 2.68. The van der Waals surface area contributed by atoms with Crippen LogP contribution in [0.5, 0.6) is 0 Å². The summed E-state index contributed by atoms with van der Waals surface area (Å²) in [5, 5.41) is 4.31. The van der Waals surface area contributed by atoms with E-state index in [4.69, 9.17) is 9.97 Å². The standard InChI is InChI=1S/C19H27N5/c1-20-18-16-9-5-6-10-17(16)21-19(22-18)24-13-11-23(12-14-24)15-7-3-2-4-8-15/h5-6,9-10,15H,2-4,7-8,11-14H2,1H3,(H,20,21,22). The first-order chi connectivity index (χ1) is 11.8. The number of anilines is 2. The Hall–Kier alpha value is -1.88. The SMILES string of the molecule is CNc1nc(N2CCN(C3CCCCC3)CC2)nc2ccccc12. The summed E-state index contributed by atoms with van der Waals surface area (Å²) in [6.45, 7) is 4.32. The Morgan fingerprint density at radius 2 is 1.71 bits per heavy atom. The fourth-order valence-corrected chi connectivity index (χ4v) is 4.13. The summed E-state index contributed by atoms with van der Waals surface area (Å²) in [5.41, 5.74) is 1.02. The number of hydrogen-bond acceptors (Lipinski definition) is 5. The molecule has 2 aromatic rings. The Kier molecular flexibility index (Phi) is 4.52. The second-order valence-corrected chi connectivity index (χ2v) is 6.95. The average molecular weight is 325 g/mol. The van der Waals surface area contributed by atoms with Crippen molar-refractivity contribution in [2.75, 3.05) is 43.4 Å². The Balaban J connectivity index is 1.50. The minimum Gasteiger partial charge on any atom is -0.372 e. The maximum atomic E-state index is 4.80. The molecule has 4 rings (SSSR count). The van der Waals surface area contributed by atoms with Gasteiger partial charge in [-0.1, -0.05) is 31.4 Å². The van der Waals surface area contributed by atoms with E-state index in [-0.39, 0.29) is 0 Å². The zero-order valence-electron chi connectivity index (χ0n) is 14.5. The molecular formula is C19H27N5. The fraction of sp³-hybridized carbons (Fsp3) is 0.579. The maximum absolute atomic E-state index is 4.80. The molecule has 5 nitrogen and oxygen atoms in total. The number of benzene rings is 1. The number of nitrogens with zero attached hydrogens (tertiary/aromatic N) is 4. The van der Waals surface area contributed by atoms with E-state index in [0.29, 0.717) is 0 Å². The molecule has 1 saturated carbocycles. The van der Waals surface area contributed by atoms with E-state index in [1.807, 2.05) is 19.2 Å². The van der Waals surface area contributed by atoms with Crippen molar-refractivity contribution in [2.45, 2.75) is 38.1 Å². The molecule has 5 heteroatoms. The van der Waals surface area contributed by atoms with Gasteiger partial charge in [0.2, 0.25) is 5.95 Å². The molecule has 0 bridgehead atoms. The second kappa shape index (κ2) is 6.93. The predicted molar refractivity (Wildman–Crippen MR) is 99.7 cm³/mol. The van der Waals surface area contributed by atoms with Crippen LogP contribution in [0.15, 0.2) is 24.3 Å². The van der Waals surface area contributed by atoms with Gasteiger partial charge in [0.1, 0.15) is 5.82 Å². The summed E-state index contributed by atoms with van der Waals surface area (Å²) in [6, 6.07) is 9.03. The molecule has 2 heterocycles. The van der Waals surface area contributed by atoms with Gasteiger partial charge in [0.05, 0.1) is 5.52 Å². The molecule has 1 saturated heterocycles. The Morgan fingerprint density at radius 3 is 2.46 bits per heavy atom. The Bertz CT molecular complexity index is 687. The van der Waals surface area contributed by atoms with E-state index in [2.05, 4.69) is 27.2 Å². The van der Waals surface area contributed by atoms with Crippen molar-refractivity contribution in [3.8, 4) is 0 Å². The van der Waals surface area contributed by atoms with Gasteiger partial charge in [0.25, 0.3) is 0 Å². The molecule has 1 aromatic heterocycles. The lowest BCUT2D eigenvalue weighted by atomic mass is 9.94. The number of piperazine rings is 1. The van der Waals surface area contributed by atoms with Gasteiger partial charge < -0.3 is 10.2 Å². The van der Waals surface area contributed by atoms with E-state index < -0.39 is 0 Å². The topological polar surface area (TPSA) is 44.3 Å². The summed E-state index contributed by atoms with van der Waals surface area (Å²) in [5.74, 6) is 1.78. The zero-order valence-corrected chi connectivity index (χ0v) is 14.5. The zero-order chi connectivity index (χ0) is 16.4. The van der Waals surface area contributed by atoms with Crippen molar-refractivity contribution in [3.63, 3.8) is 0 Å². The summed E-state index contributed by atoms with van der Waals surface area (Å²) >= 11 is 0. The van der Waals surface area contributed by atoms with Crippen molar-refractivity contribution in [1.29, 1.82) is 0 Å². The molecule has 1 aliphatic carbocycles. The number of para-hydroxylation sites is 1. The minimum absolute atomic E-state index is 0.811. The molecule has 1 aliphatic heterocycles. The molecule has 0 unspecified atom stereocenters. The van der Waals surface area contributed by atoms with Crippen LogP contribution < -0.4 is 10.2 Å². The molecule has 0 spiro atoms. The highest BCUT2D eigenvalue weighted by Gasteiger charge is 2.26. The van der Waals surface area contributed by atoms with Crippen LogP contribution in [0.2, 0.25) is 0 Å². The van der Waals surface area contributed by atoms with Gasteiger partial charge in [-0.15, -0.1) is 0 Å². The largest absolute Gasteiger partial charge is 0.372 e. The quantitative estimate of drug-likeness (QED) is 0.939. The Labute approximate surface area is 144 Å². The van der Waals surface area contributed by atoms with Gasteiger partial charge in [0, 0.05) is 44.7 Å². The highest BCUT2D eigenvalue weighted by Crippen LogP contribution is 2.26. The monoisotopic (exact) mass is 325 g/mol. The van der Waals surface area contributed by atoms with E-state index in [1.165, 1.54) is 32.1 Å². The smallest absolute Gasteiger partial charge is 0.227 e. The maximum Gasteiger partial charge on any atom is 0.227 e. The van der Waals surface area contributed by atoms with Crippen molar-refractivity contribution in [1.82, 2.24) is 14.9 Å². The second-order valence-electron chi connectivity index (χ2n) is 6.95. The van der Waals surface area contributed by atoms with Crippen LogP contribution in [0.1, 0.15) is 32.1 Å². The number of aromatic nitrogens is 2. The number of hydrogen-bond donors (Lipinski definition) is 1. The van der Waals surface area contributed by atoms with Crippen LogP contribution in [-0.2, 0) is 0 Å². The molecule has 0 amide bonds. The van der Waals surface area contributed by atoms with Gasteiger partial charge in [-0.05, 0) is 25.0 Å². The minimum atomic E-state index is 0.811. The van der Waals surface area contributed by atoms with Crippen LogP contribution in [0.4, 0.5) is 11.8 Å². The highest BCUT2D eigenvalue weighted by atomic mass is 15.3. The van der Waals surface area contributed by atoms with E-state index in [0.717, 1.165) is 54.9 Å². The predicted octanol–water partition coefficient (Wildman–Crippen LogP) is 3.13. The molecule has 24 heavy (non-hydrogen) atoms. The first-order valence-electron chi connectivity index (χ1n) is 9.28. The normalized spacial score (nSPS) is 20.5. The van der Waals surface area contributed by atoms with Crippen molar-refractivity contribution in [3.05, 3.63) is 24.3 Å². The van der Waals surface area contributed by atoms with Crippen LogP contribution >= 0.6 is 0 Å². The molecular weight excluding hydrogens is 298 g/mol. The lowest BCUT2D eigenvalue weighted by Crippen LogP contribution is -2.51. The van der Waals surface area contributed by atoms with Gasteiger partial charge in [-0.3, -0.25) is 4.90 Å². The van der Waals surface area contributed by atoms with Gasteiger partial charge in [-0.25, -0.2) is 4.98 Å². The lowest BCUT2D eigenvalue weighted by Gasteiger charge is -2.40. The van der Waals surface area contributed by atoms with E-state index in [9.17, 15) is 0 Å². The molecule has 0 radical (unpaired) electrons. The van der Waals surface area contributed by atoms with Crippen LogP contribution in [0, 0.1) is 0 Å². The van der Waals surface area contributed by atoms with Crippen molar-refractivity contribution >= 4 is 22.7 Å². The van der Waals surface area contributed by atoms with Crippen molar-refractivity contribution < 1.29 is 0 Å². The highest BCUT2D eigenvalue weighted by molar-refractivity contribution is 5.89. The molecule has 128 valence electrons. The third-order valence-electron chi connectivity index (χ3n) is 5.52. The van der Waals surface area contributed by atoms with Gasteiger partial charge >= 0.3 is 0 Å². The third-order valence-corrected chi connectivity index (χ3v) is 5.52. The van der Waals surface area contributed by atoms with Crippen molar-refractivity contribution in [2.24, 2.45) is 0 Å². The number of fused-ring (bicyclic) bond motifs is 1.